The maximum absolute atomic E-state index is 13.8. The van der Waals surface area contributed by atoms with E-state index in [4.69, 9.17) is 4.84 Å². The lowest BCUT2D eigenvalue weighted by molar-refractivity contribution is -0.134. The zero-order valence-electron chi connectivity index (χ0n) is 17.3. The summed E-state index contributed by atoms with van der Waals surface area (Å²) >= 11 is 0. The van der Waals surface area contributed by atoms with Gasteiger partial charge in [0.05, 0.1) is 18.3 Å². The summed E-state index contributed by atoms with van der Waals surface area (Å²) in [5.74, 6) is 6.35. The summed E-state index contributed by atoms with van der Waals surface area (Å²) in [6, 6.07) is 16.3. The second-order valence-corrected chi connectivity index (χ2v) is 7.58. The monoisotopic (exact) mass is 404 g/mol. The summed E-state index contributed by atoms with van der Waals surface area (Å²) < 4.78 is 15.4. The molecule has 1 aliphatic rings. The van der Waals surface area contributed by atoms with E-state index >= 15 is 0 Å². The van der Waals surface area contributed by atoms with Gasteiger partial charge in [0.25, 0.3) is 0 Å². The molecule has 0 saturated heterocycles. The van der Waals surface area contributed by atoms with Crippen molar-refractivity contribution in [3.63, 3.8) is 0 Å². The first-order valence-corrected chi connectivity index (χ1v) is 10.3. The van der Waals surface area contributed by atoms with Gasteiger partial charge in [-0.2, -0.15) is 5.06 Å². The molecule has 2 aromatic carbocycles. The lowest BCUT2D eigenvalue weighted by Gasteiger charge is -2.31. The van der Waals surface area contributed by atoms with Gasteiger partial charge in [0, 0.05) is 11.8 Å². The molecule has 154 valence electrons. The van der Waals surface area contributed by atoms with Gasteiger partial charge in [-0.25, -0.2) is 9.18 Å². The minimum absolute atomic E-state index is 0.289. The van der Waals surface area contributed by atoms with Gasteiger partial charge in [-0.05, 0) is 49.1 Å². The smallest absolute Gasteiger partial charge is 0.271 e. The van der Waals surface area contributed by atoms with E-state index in [9.17, 15) is 9.18 Å². The molecule has 0 aliphatic carbocycles. The SMILES string of the molecule is CCCCC1(C#CCCc2ccccc2)c2cc3cc(F)ccc3n2C(=O)N1OC. The van der Waals surface area contributed by atoms with Crippen molar-refractivity contribution in [3.8, 4) is 11.8 Å². The highest BCUT2D eigenvalue weighted by atomic mass is 19.1. The fourth-order valence-electron chi connectivity index (χ4n) is 4.19. The number of carbonyl (C=O) groups excluding carboxylic acids is 1. The zero-order chi connectivity index (χ0) is 21.1. The topological polar surface area (TPSA) is 34.5 Å². The van der Waals surface area contributed by atoms with E-state index in [0.717, 1.165) is 25.0 Å². The van der Waals surface area contributed by atoms with Gasteiger partial charge in [0.15, 0.2) is 5.54 Å². The molecule has 3 aromatic rings. The maximum atomic E-state index is 13.8. The molecule has 1 unspecified atom stereocenters. The number of aromatic nitrogens is 1. The summed E-state index contributed by atoms with van der Waals surface area (Å²) in [4.78, 5) is 18.8. The summed E-state index contributed by atoms with van der Waals surface area (Å²) in [5, 5.41) is 2.08. The number of nitrogens with zero attached hydrogens (tertiary/aromatic N) is 2. The van der Waals surface area contributed by atoms with E-state index < -0.39 is 5.54 Å². The predicted molar refractivity (Wildman–Crippen MR) is 115 cm³/mol. The normalized spacial score (nSPS) is 17.8. The van der Waals surface area contributed by atoms with Crippen molar-refractivity contribution in [1.82, 2.24) is 9.63 Å². The number of benzene rings is 2. The maximum Gasteiger partial charge on any atom is 0.354 e. The number of hydrogen-bond acceptors (Lipinski definition) is 2. The molecule has 1 atom stereocenters. The lowest BCUT2D eigenvalue weighted by Crippen LogP contribution is -2.42. The Kier molecular flexibility index (Phi) is 5.61. The lowest BCUT2D eigenvalue weighted by atomic mass is 9.89. The van der Waals surface area contributed by atoms with Gasteiger partial charge in [-0.3, -0.25) is 9.40 Å². The average Bonchev–Trinajstić information content (AvgIpc) is 3.23. The van der Waals surface area contributed by atoms with E-state index in [2.05, 4.69) is 30.9 Å². The molecule has 0 radical (unpaired) electrons. The Labute approximate surface area is 176 Å². The van der Waals surface area contributed by atoms with Crippen molar-refractivity contribution in [3.05, 3.63) is 71.7 Å². The van der Waals surface area contributed by atoms with Crippen LogP contribution in [0, 0.1) is 17.7 Å². The van der Waals surface area contributed by atoms with Gasteiger partial charge in [0.2, 0.25) is 0 Å². The molecule has 1 amide bonds. The first kappa shape index (κ1) is 20.2. The van der Waals surface area contributed by atoms with E-state index in [0.29, 0.717) is 23.7 Å². The fourth-order valence-corrected chi connectivity index (χ4v) is 4.19. The van der Waals surface area contributed by atoms with Gasteiger partial charge >= 0.3 is 6.03 Å². The van der Waals surface area contributed by atoms with Crippen LogP contribution < -0.4 is 0 Å². The summed E-state index contributed by atoms with van der Waals surface area (Å²) in [6.07, 6.45) is 4.02. The number of carbonyl (C=O) groups is 1. The van der Waals surface area contributed by atoms with Crippen LogP contribution in [0.4, 0.5) is 9.18 Å². The molecule has 1 aliphatic heterocycles. The summed E-state index contributed by atoms with van der Waals surface area (Å²) in [7, 11) is 1.50. The number of fused-ring (bicyclic) bond motifs is 3. The van der Waals surface area contributed by atoms with E-state index in [1.165, 1.54) is 29.9 Å². The third-order valence-corrected chi connectivity index (χ3v) is 5.65. The molecule has 0 spiro atoms. The quantitative estimate of drug-likeness (QED) is 0.498. The van der Waals surface area contributed by atoms with Gasteiger partial charge < -0.3 is 0 Å². The Morgan fingerprint density at radius 2 is 1.93 bits per heavy atom. The van der Waals surface area contributed by atoms with Crippen LogP contribution in [0.2, 0.25) is 0 Å². The van der Waals surface area contributed by atoms with Crippen LogP contribution in [-0.4, -0.2) is 22.8 Å². The molecule has 0 fully saturated rings. The highest BCUT2D eigenvalue weighted by Gasteiger charge is 2.50. The van der Waals surface area contributed by atoms with Gasteiger partial charge in [-0.15, -0.1) is 0 Å². The molecular formula is C25H25FN2O2. The molecule has 0 saturated carbocycles. The number of rotatable bonds is 6. The first-order valence-electron chi connectivity index (χ1n) is 10.3. The number of amides is 1. The molecule has 0 N–H and O–H groups in total. The molecule has 4 nitrogen and oxygen atoms in total. The van der Waals surface area contributed by atoms with Crippen molar-refractivity contribution in [2.24, 2.45) is 0 Å². The second-order valence-electron chi connectivity index (χ2n) is 7.58. The van der Waals surface area contributed by atoms with Crippen molar-refractivity contribution in [2.75, 3.05) is 7.11 Å². The number of halogens is 1. The Morgan fingerprint density at radius 1 is 1.13 bits per heavy atom. The van der Waals surface area contributed by atoms with E-state index in [1.54, 1.807) is 10.6 Å². The largest absolute Gasteiger partial charge is 0.354 e. The highest BCUT2D eigenvalue weighted by molar-refractivity contribution is 5.96. The zero-order valence-corrected chi connectivity index (χ0v) is 17.3. The van der Waals surface area contributed by atoms with Crippen molar-refractivity contribution < 1.29 is 14.0 Å². The Balaban J connectivity index is 1.76. The Hall–Kier alpha value is -3.10. The molecule has 30 heavy (non-hydrogen) atoms. The van der Waals surface area contributed by atoms with Crippen LogP contribution >= 0.6 is 0 Å². The van der Waals surface area contributed by atoms with Gasteiger partial charge in [-0.1, -0.05) is 55.5 Å². The van der Waals surface area contributed by atoms with Crippen LogP contribution in [0.5, 0.6) is 0 Å². The molecule has 2 heterocycles. The van der Waals surface area contributed by atoms with Crippen LogP contribution in [0.15, 0.2) is 54.6 Å². The molecule has 4 rings (SSSR count). The minimum Gasteiger partial charge on any atom is -0.271 e. The van der Waals surface area contributed by atoms with Crippen LogP contribution in [0.25, 0.3) is 10.9 Å². The Bertz CT molecular complexity index is 1130. The summed E-state index contributed by atoms with van der Waals surface area (Å²) in [5.41, 5.74) is 1.76. The van der Waals surface area contributed by atoms with E-state index in [1.807, 2.05) is 24.3 Å². The number of unbranched alkanes of at least 4 members (excludes halogenated alkanes) is 1. The minimum atomic E-state index is -0.881. The van der Waals surface area contributed by atoms with Crippen LogP contribution in [0.3, 0.4) is 0 Å². The summed E-state index contributed by atoms with van der Waals surface area (Å²) in [6.45, 7) is 2.11. The predicted octanol–water partition coefficient (Wildman–Crippen LogP) is 5.65. The van der Waals surface area contributed by atoms with Gasteiger partial charge in [0.1, 0.15) is 5.82 Å². The molecule has 1 aromatic heterocycles. The van der Waals surface area contributed by atoms with Crippen LogP contribution in [0.1, 0.15) is 43.9 Å². The standard InChI is InChI=1S/C25H25FN2O2/c1-3-4-15-25(16-9-8-12-19-10-6-5-7-11-19)23-18-20-17-21(26)13-14-22(20)27(23)24(29)28(25)30-2/h5-7,10-11,13-14,17-18H,3-4,8,12,15H2,1-2H3. The van der Waals surface area contributed by atoms with Crippen LogP contribution in [-0.2, 0) is 16.8 Å². The van der Waals surface area contributed by atoms with Crippen molar-refractivity contribution >= 4 is 16.9 Å². The number of hydroxylamine groups is 2. The highest BCUT2D eigenvalue weighted by Crippen LogP contribution is 2.43. The number of aryl methyl sites for hydroxylation is 1. The molecule has 5 heteroatoms. The van der Waals surface area contributed by atoms with E-state index in [-0.39, 0.29) is 11.8 Å². The first-order chi connectivity index (χ1) is 14.6. The third kappa shape index (κ3) is 3.38. The van der Waals surface area contributed by atoms with Crippen molar-refractivity contribution in [1.29, 1.82) is 0 Å². The fraction of sp³-hybridized carbons (Fsp3) is 0.320. The number of hydrogen-bond donors (Lipinski definition) is 0. The average molecular weight is 404 g/mol. The second kappa shape index (κ2) is 8.33. The third-order valence-electron chi connectivity index (χ3n) is 5.65. The molecule has 0 bridgehead atoms. The van der Waals surface area contributed by atoms with Crippen molar-refractivity contribution in [2.45, 2.75) is 44.6 Å². The molecular weight excluding hydrogens is 379 g/mol. The Morgan fingerprint density at radius 3 is 2.67 bits per heavy atom.